The maximum atomic E-state index is 5.86. The fourth-order valence-corrected chi connectivity index (χ4v) is 1.89. The van der Waals surface area contributed by atoms with E-state index < -0.39 is 0 Å². The van der Waals surface area contributed by atoms with Gasteiger partial charge >= 0.3 is 0 Å². The second-order valence-electron chi connectivity index (χ2n) is 4.56. The van der Waals surface area contributed by atoms with Crippen molar-refractivity contribution in [2.75, 3.05) is 6.61 Å². The molecule has 0 unspecified atom stereocenters. The first-order valence-corrected chi connectivity index (χ1v) is 6.60. The third-order valence-electron chi connectivity index (χ3n) is 3.01. The largest absolute Gasteiger partial charge is 0.493 e. The number of hydrogen-bond donors (Lipinski definition) is 0. The van der Waals surface area contributed by atoms with Crippen molar-refractivity contribution in [1.82, 2.24) is 0 Å². The van der Waals surface area contributed by atoms with E-state index in [0.29, 0.717) is 0 Å². The number of rotatable bonds is 5. The van der Waals surface area contributed by atoms with Crippen LogP contribution >= 0.6 is 0 Å². The molecular weight excluding hydrogens is 220 g/mol. The van der Waals surface area contributed by atoms with Crippen LogP contribution < -0.4 is 4.74 Å². The van der Waals surface area contributed by atoms with Gasteiger partial charge in [-0.15, -0.1) is 0 Å². The summed E-state index contributed by atoms with van der Waals surface area (Å²) in [6.07, 6.45) is 2.26. The van der Waals surface area contributed by atoms with Gasteiger partial charge in [0.15, 0.2) is 0 Å². The predicted octanol–water partition coefficient (Wildman–Crippen LogP) is 4.84. The van der Waals surface area contributed by atoms with Crippen molar-refractivity contribution in [1.29, 1.82) is 0 Å². The predicted molar refractivity (Wildman–Crippen MR) is 77.0 cm³/mol. The Labute approximate surface area is 109 Å². The molecule has 0 saturated carbocycles. The highest BCUT2D eigenvalue weighted by Crippen LogP contribution is 2.29. The summed E-state index contributed by atoms with van der Waals surface area (Å²) >= 11 is 0. The van der Waals surface area contributed by atoms with E-state index in [2.05, 4.69) is 50.2 Å². The monoisotopic (exact) mass is 240 g/mol. The minimum Gasteiger partial charge on any atom is -0.493 e. The van der Waals surface area contributed by atoms with Gasteiger partial charge in [0.2, 0.25) is 0 Å². The van der Waals surface area contributed by atoms with Gasteiger partial charge in [-0.3, -0.25) is 0 Å². The lowest BCUT2D eigenvalue weighted by Crippen LogP contribution is -1.97. The van der Waals surface area contributed by atoms with Crippen LogP contribution in [-0.2, 0) is 0 Å². The summed E-state index contributed by atoms with van der Waals surface area (Å²) in [7, 11) is 0. The molecule has 0 spiro atoms. The maximum absolute atomic E-state index is 5.86. The molecule has 0 atom stereocenters. The molecule has 1 nitrogen and oxygen atoms in total. The number of aryl methyl sites for hydroxylation is 1. The van der Waals surface area contributed by atoms with Crippen molar-refractivity contribution in [3.8, 4) is 16.9 Å². The topological polar surface area (TPSA) is 9.23 Å². The first-order chi connectivity index (χ1) is 8.81. The van der Waals surface area contributed by atoms with Crippen LogP contribution in [0.4, 0.5) is 0 Å². The molecule has 0 amide bonds. The minimum absolute atomic E-state index is 0.791. The average Bonchev–Trinajstić information content (AvgIpc) is 2.41. The van der Waals surface area contributed by atoms with Gasteiger partial charge in [0.25, 0.3) is 0 Å². The van der Waals surface area contributed by atoms with E-state index in [9.17, 15) is 0 Å². The number of ether oxygens (including phenoxy) is 1. The van der Waals surface area contributed by atoms with Gasteiger partial charge in [0.05, 0.1) is 6.61 Å². The molecule has 2 rings (SSSR count). The molecule has 0 bridgehead atoms. The molecule has 0 fully saturated rings. The van der Waals surface area contributed by atoms with Gasteiger partial charge in [-0.05, 0) is 25.0 Å². The first kappa shape index (κ1) is 12.7. The Morgan fingerprint density at radius 1 is 0.944 bits per heavy atom. The van der Waals surface area contributed by atoms with Crippen molar-refractivity contribution in [3.05, 3.63) is 54.1 Å². The smallest absolute Gasteiger partial charge is 0.127 e. The lowest BCUT2D eigenvalue weighted by Gasteiger charge is -2.11. The zero-order chi connectivity index (χ0) is 12.8. The van der Waals surface area contributed by atoms with E-state index in [1.165, 1.54) is 16.7 Å². The normalized spacial score (nSPS) is 10.3. The van der Waals surface area contributed by atoms with E-state index in [1.54, 1.807) is 0 Å². The summed E-state index contributed by atoms with van der Waals surface area (Å²) in [4.78, 5) is 0. The van der Waals surface area contributed by atoms with Crippen LogP contribution in [0.2, 0.25) is 0 Å². The Morgan fingerprint density at radius 3 is 2.39 bits per heavy atom. The van der Waals surface area contributed by atoms with Crippen LogP contribution in [0.1, 0.15) is 25.3 Å². The molecule has 0 aliphatic heterocycles. The minimum atomic E-state index is 0.791. The molecule has 2 aromatic carbocycles. The summed E-state index contributed by atoms with van der Waals surface area (Å²) in [5, 5.41) is 0. The lowest BCUT2D eigenvalue weighted by atomic mass is 10.0. The Hall–Kier alpha value is -1.76. The van der Waals surface area contributed by atoms with E-state index in [4.69, 9.17) is 4.74 Å². The molecule has 0 aliphatic carbocycles. The summed E-state index contributed by atoms with van der Waals surface area (Å²) < 4.78 is 5.86. The summed E-state index contributed by atoms with van der Waals surface area (Å²) in [5.41, 5.74) is 3.67. The fourth-order valence-electron chi connectivity index (χ4n) is 1.89. The number of hydrogen-bond acceptors (Lipinski definition) is 1. The standard InChI is InChI=1S/C17H20O/c1-3-4-13-18-17-8-6-5-7-16(17)15-11-9-14(2)10-12-15/h5-12H,3-4,13H2,1-2H3. The van der Waals surface area contributed by atoms with Crippen LogP contribution in [-0.4, -0.2) is 6.61 Å². The Bertz CT molecular complexity index is 485. The molecule has 0 N–H and O–H groups in total. The second-order valence-corrected chi connectivity index (χ2v) is 4.56. The molecule has 0 aromatic heterocycles. The fraction of sp³-hybridized carbons (Fsp3) is 0.294. The third kappa shape index (κ3) is 3.13. The van der Waals surface area contributed by atoms with E-state index in [-0.39, 0.29) is 0 Å². The highest BCUT2D eigenvalue weighted by atomic mass is 16.5. The molecule has 94 valence electrons. The lowest BCUT2D eigenvalue weighted by molar-refractivity contribution is 0.310. The van der Waals surface area contributed by atoms with Crippen LogP contribution in [0.3, 0.4) is 0 Å². The number of unbranched alkanes of at least 4 members (excludes halogenated alkanes) is 1. The summed E-state index contributed by atoms with van der Waals surface area (Å²) in [5.74, 6) is 0.981. The van der Waals surface area contributed by atoms with E-state index in [1.807, 2.05) is 12.1 Å². The van der Waals surface area contributed by atoms with Crippen LogP contribution in [0.5, 0.6) is 5.75 Å². The third-order valence-corrected chi connectivity index (χ3v) is 3.01. The Kier molecular flexibility index (Phi) is 4.40. The average molecular weight is 240 g/mol. The highest BCUT2D eigenvalue weighted by Gasteiger charge is 2.04. The molecule has 2 aromatic rings. The highest BCUT2D eigenvalue weighted by molar-refractivity contribution is 5.70. The number of benzene rings is 2. The van der Waals surface area contributed by atoms with Gasteiger partial charge in [-0.1, -0.05) is 61.4 Å². The van der Waals surface area contributed by atoms with E-state index >= 15 is 0 Å². The molecule has 1 heteroatoms. The number of para-hydroxylation sites is 1. The molecule has 0 aliphatic rings. The van der Waals surface area contributed by atoms with Gasteiger partial charge in [-0.2, -0.15) is 0 Å². The van der Waals surface area contributed by atoms with Crippen LogP contribution in [0, 0.1) is 6.92 Å². The van der Waals surface area contributed by atoms with Gasteiger partial charge in [0.1, 0.15) is 5.75 Å². The van der Waals surface area contributed by atoms with Gasteiger partial charge < -0.3 is 4.74 Å². The molecule has 0 heterocycles. The maximum Gasteiger partial charge on any atom is 0.127 e. The van der Waals surface area contributed by atoms with Crippen molar-refractivity contribution < 1.29 is 4.74 Å². The van der Waals surface area contributed by atoms with Crippen molar-refractivity contribution in [2.45, 2.75) is 26.7 Å². The Balaban J connectivity index is 2.23. The molecular formula is C17H20O. The molecule has 18 heavy (non-hydrogen) atoms. The quantitative estimate of drug-likeness (QED) is 0.679. The molecule has 0 saturated heterocycles. The van der Waals surface area contributed by atoms with Gasteiger partial charge in [-0.25, -0.2) is 0 Å². The van der Waals surface area contributed by atoms with Crippen molar-refractivity contribution >= 4 is 0 Å². The van der Waals surface area contributed by atoms with Crippen LogP contribution in [0.15, 0.2) is 48.5 Å². The second kappa shape index (κ2) is 6.25. The summed E-state index contributed by atoms with van der Waals surface area (Å²) in [6.45, 7) is 5.07. The van der Waals surface area contributed by atoms with Crippen molar-refractivity contribution in [3.63, 3.8) is 0 Å². The summed E-state index contributed by atoms with van der Waals surface area (Å²) in [6, 6.07) is 16.8. The zero-order valence-electron chi connectivity index (χ0n) is 11.1. The first-order valence-electron chi connectivity index (χ1n) is 6.60. The van der Waals surface area contributed by atoms with E-state index in [0.717, 1.165) is 25.2 Å². The molecule has 0 radical (unpaired) electrons. The SMILES string of the molecule is CCCCOc1ccccc1-c1ccc(C)cc1. The zero-order valence-corrected chi connectivity index (χ0v) is 11.1. The van der Waals surface area contributed by atoms with Crippen molar-refractivity contribution in [2.24, 2.45) is 0 Å². The van der Waals surface area contributed by atoms with Gasteiger partial charge in [0, 0.05) is 5.56 Å². The van der Waals surface area contributed by atoms with Crippen LogP contribution in [0.25, 0.3) is 11.1 Å². The Morgan fingerprint density at radius 2 is 1.67 bits per heavy atom.